The summed E-state index contributed by atoms with van der Waals surface area (Å²) in [5.74, 6) is -0.697. The number of amides is 1. The molecule has 1 atom stereocenters. The second-order valence-corrected chi connectivity index (χ2v) is 8.47. The van der Waals surface area contributed by atoms with Crippen molar-refractivity contribution >= 4 is 42.6 Å². The van der Waals surface area contributed by atoms with E-state index in [0.717, 1.165) is 9.86 Å². The maximum absolute atomic E-state index is 12.8. The molecule has 7 heteroatoms. The van der Waals surface area contributed by atoms with Crippen molar-refractivity contribution in [1.29, 1.82) is 0 Å². The molecule has 0 aromatic heterocycles. The highest BCUT2D eigenvalue weighted by Gasteiger charge is 2.34. The number of benzene rings is 3. The number of carbonyl (C=O) groups is 1. The van der Waals surface area contributed by atoms with Crippen molar-refractivity contribution < 1.29 is 17.9 Å². The summed E-state index contributed by atoms with van der Waals surface area (Å²) in [5.41, 5.74) is 0.671. The summed E-state index contributed by atoms with van der Waals surface area (Å²) < 4.78 is 34.1. The number of para-hydroxylation sites is 1. The highest BCUT2D eigenvalue weighted by molar-refractivity contribution is 9.10. The van der Waals surface area contributed by atoms with E-state index in [0.29, 0.717) is 16.7 Å². The number of nitrogens with one attached hydrogen (secondary N) is 1. The first-order chi connectivity index (χ1) is 12.5. The first kappa shape index (κ1) is 17.1. The lowest BCUT2D eigenvalue weighted by molar-refractivity contribution is -0.120. The zero-order chi connectivity index (χ0) is 18.3. The number of ether oxygens (including phenoxy) is 1. The van der Waals surface area contributed by atoms with Crippen molar-refractivity contribution in [3.63, 3.8) is 0 Å². The van der Waals surface area contributed by atoms with Gasteiger partial charge in [-0.2, -0.15) is 0 Å². The fourth-order valence-electron chi connectivity index (χ4n) is 3.11. The van der Waals surface area contributed by atoms with Gasteiger partial charge in [0.25, 0.3) is 10.0 Å². The third-order valence-electron chi connectivity index (χ3n) is 4.36. The predicted molar refractivity (Wildman–Crippen MR) is 102 cm³/mol. The number of halogens is 1. The molecule has 26 heavy (non-hydrogen) atoms. The molecule has 1 heterocycles. The molecule has 1 amide bonds. The van der Waals surface area contributed by atoms with Gasteiger partial charge in [0.15, 0.2) is 0 Å². The van der Waals surface area contributed by atoms with Crippen LogP contribution in [0.15, 0.2) is 70.0 Å². The van der Waals surface area contributed by atoms with Crippen LogP contribution in [0.3, 0.4) is 0 Å². The monoisotopic (exact) mass is 431 g/mol. The van der Waals surface area contributed by atoms with Crippen LogP contribution < -0.4 is 9.46 Å². The molecule has 0 aliphatic carbocycles. The van der Waals surface area contributed by atoms with E-state index in [2.05, 4.69) is 20.7 Å². The van der Waals surface area contributed by atoms with E-state index in [1.54, 1.807) is 30.3 Å². The van der Waals surface area contributed by atoms with Gasteiger partial charge in [0, 0.05) is 10.9 Å². The summed E-state index contributed by atoms with van der Waals surface area (Å²) in [6.45, 7) is 0.106. The van der Waals surface area contributed by atoms with Gasteiger partial charge in [0.1, 0.15) is 18.3 Å². The van der Waals surface area contributed by atoms with Crippen LogP contribution in [0.25, 0.3) is 10.8 Å². The van der Waals surface area contributed by atoms with E-state index < -0.39 is 21.8 Å². The van der Waals surface area contributed by atoms with Gasteiger partial charge in [0.05, 0.1) is 9.37 Å². The Hall–Kier alpha value is -2.38. The Morgan fingerprint density at radius 2 is 1.77 bits per heavy atom. The van der Waals surface area contributed by atoms with E-state index >= 15 is 0 Å². The van der Waals surface area contributed by atoms with Gasteiger partial charge in [-0.3, -0.25) is 4.79 Å². The highest BCUT2D eigenvalue weighted by atomic mass is 79.9. The van der Waals surface area contributed by atoms with Gasteiger partial charge in [-0.25, -0.2) is 13.1 Å². The second kappa shape index (κ2) is 6.41. The van der Waals surface area contributed by atoms with Crippen molar-refractivity contribution in [3.8, 4) is 5.75 Å². The van der Waals surface area contributed by atoms with Crippen LogP contribution in [0.1, 0.15) is 11.5 Å². The standard InChI is InChI=1S/C19H14BrNO4S/c20-16-9-4-8-14-15(11-25-18(14)16)19(22)21-26(23,24)17-10-3-6-12-5-1-2-7-13(12)17/h1-10,15H,11H2,(H,21,22). The van der Waals surface area contributed by atoms with Crippen LogP contribution in [-0.4, -0.2) is 20.9 Å². The summed E-state index contributed by atoms with van der Waals surface area (Å²) in [7, 11) is -4.00. The molecule has 1 unspecified atom stereocenters. The molecule has 0 saturated carbocycles. The van der Waals surface area contributed by atoms with Gasteiger partial charge < -0.3 is 4.74 Å². The Labute approximate surface area is 159 Å². The van der Waals surface area contributed by atoms with Crippen LogP contribution in [-0.2, 0) is 14.8 Å². The Morgan fingerprint density at radius 3 is 2.62 bits per heavy atom. The molecule has 1 aliphatic rings. The molecule has 3 aromatic carbocycles. The summed E-state index contributed by atoms with van der Waals surface area (Å²) in [4.78, 5) is 12.7. The Morgan fingerprint density at radius 1 is 1.04 bits per heavy atom. The second-order valence-electron chi connectivity index (χ2n) is 5.97. The fourth-order valence-corrected chi connectivity index (χ4v) is 4.86. The molecular formula is C19H14BrNO4S. The van der Waals surface area contributed by atoms with E-state index in [1.807, 2.05) is 24.3 Å². The van der Waals surface area contributed by atoms with Gasteiger partial charge in [-0.1, -0.05) is 48.5 Å². The molecule has 1 aliphatic heterocycles. The zero-order valence-corrected chi connectivity index (χ0v) is 15.9. The average Bonchev–Trinajstić information content (AvgIpc) is 3.06. The number of rotatable bonds is 3. The Kier molecular flexibility index (Phi) is 4.20. The SMILES string of the molecule is O=C(NS(=O)(=O)c1cccc2ccccc12)C1COc2c(Br)cccc21. The zero-order valence-electron chi connectivity index (χ0n) is 13.5. The van der Waals surface area contributed by atoms with Gasteiger partial charge in [-0.15, -0.1) is 0 Å². The van der Waals surface area contributed by atoms with Crippen LogP contribution in [0.2, 0.25) is 0 Å². The third-order valence-corrected chi connectivity index (χ3v) is 6.39. The molecule has 0 fully saturated rings. The van der Waals surface area contributed by atoms with Gasteiger partial charge >= 0.3 is 0 Å². The lowest BCUT2D eigenvalue weighted by Gasteiger charge is -2.12. The van der Waals surface area contributed by atoms with Crippen LogP contribution in [0.5, 0.6) is 5.75 Å². The molecule has 0 spiro atoms. The lowest BCUT2D eigenvalue weighted by Crippen LogP contribution is -2.35. The first-order valence-electron chi connectivity index (χ1n) is 7.93. The number of sulfonamides is 1. The van der Waals surface area contributed by atoms with Gasteiger partial charge in [0.2, 0.25) is 5.91 Å². The van der Waals surface area contributed by atoms with E-state index in [1.165, 1.54) is 6.07 Å². The summed E-state index contributed by atoms with van der Waals surface area (Å²) in [6, 6.07) is 17.5. The van der Waals surface area contributed by atoms with E-state index in [9.17, 15) is 13.2 Å². The minimum atomic E-state index is -4.00. The molecule has 0 saturated heterocycles. The predicted octanol–water partition coefficient (Wildman–Crippen LogP) is 3.58. The summed E-state index contributed by atoms with van der Waals surface area (Å²) in [5, 5.41) is 1.36. The minimum absolute atomic E-state index is 0.0809. The number of hydrogen-bond donors (Lipinski definition) is 1. The quantitative estimate of drug-likeness (QED) is 0.687. The number of carbonyl (C=O) groups excluding carboxylic acids is 1. The Balaban J connectivity index is 1.67. The van der Waals surface area contributed by atoms with Crippen LogP contribution in [0, 0.1) is 0 Å². The van der Waals surface area contributed by atoms with Crippen LogP contribution in [0.4, 0.5) is 0 Å². The van der Waals surface area contributed by atoms with Crippen molar-refractivity contribution in [2.45, 2.75) is 10.8 Å². The van der Waals surface area contributed by atoms with Crippen molar-refractivity contribution in [1.82, 2.24) is 4.72 Å². The molecule has 3 aromatic rings. The summed E-state index contributed by atoms with van der Waals surface area (Å²) in [6.07, 6.45) is 0. The molecule has 132 valence electrons. The number of hydrogen-bond acceptors (Lipinski definition) is 4. The van der Waals surface area contributed by atoms with Crippen molar-refractivity contribution in [2.75, 3.05) is 6.61 Å². The largest absolute Gasteiger partial charge is 0.491 e. The molecule has 5 nitrogen and oxygen atoms in total. The van der Waals surface area contributed by atoms with E-state index in [4.69, 9.17) is 4.74 Å². The fraction of sp³-hybridized carbons (Fsp3) is 0.105. The number of fused-ring (bicyclic) bond motifs is 2. The van der Waals surface area contributed by atoms with E-state index in [-0.39, 0.29) is 11.5 Å². The third kappa shape index (κ3) is 2.87. The molecule has 0 radical (unpaired) electrons. The highest BCUT2D eigenvalue weighted by Crippen LogP contribution is 2.39. The molecule has 4 rings (SSSR count). The summed E-state index contributed by atoms with van der Waals surface area (Å²) >= 11 is 3.37. The maximum atomic E-state index is 12.8. The molecule has 1 N–H and O–H groups in total. The average molecular weight is 432 g/mol. The first-order valence-corrected chi connectivity index (χ1v) is 10.2. The minimum Gasteiger partial charge on any atom is -0.491 e. The lowest BCUT2D eigenvalue weighted by atomic mass is 10.0. The van der Waals surface area contributed by atoms with Crippen molar-refractivity contribution in [3.05, 3.63) is 70.7 Å². The normalized spacial score (nSPS) is 16.1. The molecular weight excluding hydrogens is 418 g/mol. The van der Waals surface area contributed by atoms with Crippen molar-refractivity contribution in [2.24, 2.45) is 0 Å². The molecule has 0 bridgehead atoms. The topological polar surface area (TPSA) is 72.5 Å². The maximum Gasteiger partial charge on any atom is 0.264 e. The van der Waals surface area contributed by atoms with Gasteiger partial charge in [-0.05, 0) is 33.4 Å². The van der Waals surface area contributed by atoms with Crippen LogP contribution >= 0.6 is 15.9 Å². The smallest absolute Gasteiger partial charge is 0.264 e. The Bertz CT molecular complexity index is 1120.